The fourth-order valence-electron chi connectivity index (χ4n) is 2.83. The minimum atomic E-state index is -0.477. The highest BCUT2D eigenvalue weighted by molar-refractivity contribution is 5.23. The number of aromatic hydroxyl groups is 1. The van der Waals surface area contributed by atoms with Crippen LogP contribution >= 0.6 is 0 Å². The van der Waals surface area contributed by atoms with Gasteiger partial charge < -0.3 is 5.11 Å². The Morgan fingerprint density at radius 3 is 2.58 bits per heavy atom. The van der Waals surface area contributed by atoms with Gasteiger partial charge in [-0.3, -0.25) is 14.3 Å². The predicted octanol–water partition coefficient (Wildman–Crippen LogP) is 2.09. The minimum Gasteiger partial charge on any atom is -0.494 e. The van der Waals surface area contributed by atoms with Crippen LogP contribution in [0.1, 0.15) is 63.5 Å². The monoisotopic (exact) mass is 266 g/mol. The van der Waals surface area contributed by atoms with Gasteiger partial charge in [-0.1, -0.05) is 32.6 Å². The smallest absolute Gasteiger partial charge is 0.331 e. The second-order valence-electron chi connectivity index (χ2n) is 5.33. The molecular weight excluding hydrogens is 244 g/mol. The molecule has 106 valence electrons. The first kappa shape index (κ1) is 13.9. The summed E-state index contributed by atoms with van der Waals surface area (Å²) in [7, 11) is 0. The predicted molar refractivity (Wildman–Crippen MR) is 73.7 cm³/mol. The second-order valence-corrected chi connectivity index (χ2v) is 5.33. The third-order valence-corrected chi connectivity index (χ3v) is 3.93. The van der Waals surface area contributed by atoms with Crippen LogP contribution in [0.3, 0.4) is 0 Å². The molecular formula is C14H22N2O3. The highest BCUT2D eigenvalue weighted by Gasteiger charge is 2.22. The summed E-state index contributed by atoms with van der Waals surface area (Å²) in [6.45, 7) is 2.03. The highest BCUT2D eigenvalue weighted by Crippen LogP contribution is 2.30. The Balaban J connectivity index is 2.42. The molecule has 0 spiro atoms. The van der Waals surface area contributed by atoms with Gasteiger partial charge in [0.25, 0.3) is 5.56 Å². The molecule has 2 rings (SSSR count). The van der Waals surface area contributed by atoms with E-state index in [1.807, 2.05) is 6.92 Å². The molecule has 0 aromatic carbocycles. The maximum Gasteiger partial charge on any atom is 0.331 e. The van der Waals surface area contributed by atoms with Gasteiger partial charge in [-0.15, -0.1) is 0 Å². The third-order valence-electron chi connectivity index (χ3n) is 3.93. The van der Waals surface area contributed by atoms with Crippen molar-refractivity contribution in [3.05, 3.63) is 26.4 Å². The summed E-state index contributed by atoms with van der Waals surface area (Å²) in [5.41, 5.74) is -0.565. The molecule has 0 bridgehead atoms. The number of hydrogen-bond donors (Lipinski definition) is 2. The van der Waals surface area contributed by atoms with Crippen molar-refractivity contribution in [1.29, 1.82) is 0 Å². The number of hydrogen-bond acceptors (Lipinski definition) is 3. The molecule has 2 N–H and O–H groups in total. The normalized spacial score (nSPS) is 16.7. The van der Waals surface area contributed by atoms with E-state index in [0.717, 1.165) is 38.5 Å². The topological polar surface area (TPSA) is 75.1 Å². The average Bonchev–Trinajstić information content (AvgIpc) is 2.39. The first-order chi connectivity index (χ1) is 9.15. The first-order valence-corrected chi connectivity index (χ1v) is 7.21. The molecule has 0 atom stereocenters. The Hall–Kier alpha value is -1.52. The zero-order valence-corrected chi connectivity index (χ0v) is 11.4. The van der Waals surface area contributed by atoms with Gasteiger partial charge in [0.05, 0.1) is 5.56 Å². The van der Waals surface area contributed by atoms with Crippen LogP contribution in [0.25, 0.3) is 0 Å². The van der Waals surface area contributed by atoms with Gasteiger partial charge in [-0.05, 0) is 25.7 Å². The number of unbranched alkanes of at least 4 members (excludes halogenated alkanes) is 1. The van der Waals surface area contributed by atoms with E-state index < -0.39 is 11.2 Å². The Morgan fingerprint density at radius 1 is 1.26 bits per heavy atom. The fraction of sp³-hybridized carbons (Fsp3) is 0.714. The third kappa shape index (κ3) is 2.91. The number of nitrogens with zero attached hydrogens (tertiary/aromatic N) is 1. The van der Waals surface area contributed by atoms with Crippen molar-refractivity contribution in [3.63, 3.8) is 0 Å². The summed E-state index contributed by atoms with van der Waals surface area (Å²) >= 11 is 0. The molecule has 19 heavy (non-hydrogen) atoms. The van der Waals surface area contributed by atoms with Crippen LogP contribution in [0.2, 0.25) is 0 Å². The minimum absolute atomic E-state index is 0.0264. The van der Waals surface area contributed by atoms with Crippen molar-refractivity contribution in [2.45, 2.75) is 64.3 Å². The molecule has 1 saturated carbocycles. The van der Waals surface area contributed by atoms with Gasteiger partial charge in [0, 0.05) is 6.04 Å². The summed E-state index contributed by atoms with van der Waals surface area (Å²) in [5.74, 6) is -0.117. The van der Waals surface area contributed by atoms with Crippen molar-refractivity contribution >= 4 is 0 Å². The maximum atomic E-state index is 11.9. The fourth-order valence-corrected chi connectivity index (χ4v) is 2.83. The van der Waals surface area contributed by atoms with Gasteiger partial charge in [0.2, 0.25) is 5.88 Å². The Bertz CT molecular complexity index is 539. The van der Waals surface area contributed by atoms with Crippen LogP contribution in [-0.4, -0.2) is 14.7 Å². The van der Waals surface area contributed by atoms with E-state index in [1.54, 1.807) is 0 Å². The van der Waals surface area contributed by atoms with Crippen molar-refractivity contribution in [3.8, 4) is 5.88 Å². The number of aromatic amines is 1. The molecule has 1 fully saturated rings. The lowest BCUT2D eigenvalue weighted by atomic mass is 9.95. The molecule has 0 saturated heterocycles. The van der Waals surface area contributed by atoms with E-state index in [9.17, 15) is 14.7 Å². The Kier molecular flexibility index (Phi) is 4.45. The van der Waals surface area contributed by atoms with Gasteiger partial charge in [-0.25, -0.2) is 4.79 Å². The average molecular weight is 266 g/mol. The van der Waals surface area contributed by atoms with Crippen molar-refractivity contribution in [2.24, 2.45) is 0 Å². The van der Waals surface area contributed by atoms with Crippen LogP contribution in [0.5, 0.6) is 5.88 Å². The summed E-state index contributed by atoms with van der Waals surface area (Å²) in [5, 5.41) is 10.3. The van der Waals surface area contributed by atoms with Crippen LogP contribution < -0.4 is 11.2 Å². The summed E-state index contributed by atoms with van der Waals surface area (Å²) < 4.78 is 1.39. The van der Waals surface area contributed by atoms with E-state index in [4.69, 9.17) is 0 Å². The van der Waals surface area contributed by atoms with Crippen molar-refractivity contribution in [2.75, 3.05) is 0 Å². The first-order valence-electron chi connectivity index (χ1n) is 7.21. The largest absolute Gasteiger partial charge is 0.494 e. The summed E-state index contributed by atoms with van der Waals surface area (Å²) in [6, 6.07) is 0.0264. The molecule has 1 aromatic rings. The molecule has 1 heterocycles. The number of H-pyrrole nitrogens is 1. The zero-order chi connectivity index (χ0) is 13.8. The van der Waals surface area contributed by atoms with Gasteiger partial charge in [-0.2, -0.15) is 0 Å². The molecule has 1 aliphatic rings. The lowest BCUT2D eigenvalue weighted by molar-refractivity contribution is 0.295. The molecule has 5 nitrogen and oxygen atoms in total. The van der Waals surface area contributed by atoms with Crippen LogP contribution in [0, 0.1) is 0 Å². The van der Waals surface area contributed by atoms with Gasteiger partial charge >= 0.3 is 5.69 Å². The van der Waals surface area contributed by atoms with Crippen LogP contribution in [0.4, 0.5) is 0 Å². The van der Waals surface area contributed by atoms with E-state index in [2.05, 4.69) is 4.98 Å². The van der Waals surface area contributed by atoms with Crippen LogP contribution in [0.15, 0.2) is 9.59 Å². The van der Waals surface area contributed by atoms with E-state index in [0.29, 0.717) is 12.0 Å². The molecule has 1 aromatic heterocycles. The van der Waals surface area contributed by atoms with Crippen molar-refractivity contribution < 1.29 is 5.11 Å². The highest BCUT2D eigenvalue weighted by atomic mass is 16.3. The van der Waals surface area contributed by atoms with E-state index in [-0.39, 0.29) is 11.9 Å². The van der Waals surface area contributed by atoms with Crippen molar-refractivity contribution in [1.82, 2.24) is 9.55 Å². The molecule has 1 aliphatic carbocycles. The zero-order valence-electron chi connectivity index (χ0n) is 11.4. The van der Waals surface area contributed by atoms with Gasteiger partial charge in [0.15, 0.2) is 0 Å². The maximum absolute atomic E-state index is 11.9. The van der Waals surface area contributed by atoms with E-state index >= 15 is 0 Å². The number of rotatable bonds is 4. The molecule has 0 radical (unpaired) electrons. The molecule has 5 heteroatoms. The van der Waals surface area contributed by atoms with E-state index in [1.165, 1.54) is 11.0 Å². The quantitative estimate of drug-likeness (QED) is 0.876. The molecule has 0 amide bonds. The standard InChI is InChI=1S/C14H22N2O3/c1-2-3-9-11-12(17)15-14(19)16(13(11)18)10-7-5-4-6-8-10/h10,18H,2-9H2,1H3,(H,15,17,19). The lowest BCUT2D eigenvalue weighted by Crippen LogP contribution is -2.35. The summed E-state index contributed by atoms with van der Waals surface area (Å²) in [4.78, 5) is 26.1. The molecule has 0 aliphatic heterocycles. The van der Waals surface area contributed by atoms with Crippen LogP contribution in [-0.2, 0) is 6.42 Å². The van der Waals surface area contributed by atoms with Gasteiger partial charge in [0.1, 0.15) is 0 Å². The molecule has 0 unspecified atom stereocenters. The number of nitrogens with one attached hydrogen (secondary N) is 1. The second kappa shape index (κ2) is 6.08. The Labute approximate surface area is 112 Å². The Morgan fingerprint density at radius 2 is 1.95 bits per heavy atom. The summed E-state index contributed by atoms with van der Waals surface area (Å²) in [6.07, 6.45) is 7.41. The SMILES string of the molecule is CCCCc1c(O)n(C2CCCCC2)c(=O)[nH]c1=O. The number of aromatic nitrogens is 2. The lowest BCUT2D eigenvalue weighted by Gasteiger charge is -2.25.